The molecule has 0 saturated carbocycles. The molecule has 0 aliphatic heterocycles. The molecule has 74 valence electrons. The number of para-hydroxylation sites is 1. The Bertz CT molecular complexity index is 453. The fraction of sp³-hybridized carbons (Fsp3) is 0.182. The summed E-state index contributed by atoms with van der Waals surface area (Å²) in [5.74, 6) is 0. The van der Waals surface area contributed by atoms with E-state index in [4.69, 9.17) is 0 Å². The second kappa shape index (κ2) is 4.59. The van der Waals surface area contributed by atoms with Crippen LogP contribution in [0.5, 0.6) is 0 Å². The third-order valence-electron chi connectivity index (χ3n) is 2.02. The predicted octanol–water partition coefficient (Wildman–Crippen LogP) is -1.14. The number of nitrogens with one attached hydrogen (secondary N) is 1. The number of aromatic amines is 1. The minimum absolute atomic E-state index is 0. The Morgan fingerprint density at radius 2 is 1.93 bits per heavy atom. The van der Waals surface area contributed by atoms with Gasteiger partial charge < -0.3 is 29.0 Å². The lowest BCUT2D eigenvalue weighted by Crippen LogP contribution is -3.00. The van der Waals surface area contributed by atoms with Gasteiger partial charge in [-0.05, 0) is 6.07 Å². The van der Waals surface area contributed by atoms with Crippen molar-refractivity contribution in [3.05, 3.63) is 36.0 Å². The van der Waals surface area contributed by atoms with Crippen LogP contribution >= 0.6 is 0 Å². The van der Waals surface area contributed by atoms with Gasteiger partial charge in [-0.2, -0.15) is 0 Å². The maximum Gasteiger partial charge on any atom is 0.172 e. The van der Waals surface area contributed by atoms with Gasteiger partial charge in [0.05, 0.1) is 5.56 Å². The number of hydrogen-bond acceptors (Lipinski definition) is 0. The fourth-order valence-corrected chi connectivity index (χ4v) is 1.48. The zero-order valence-electron chi connectivity index (χ0n) is 8.29. The maximum absolute atomic E-state index is 3.24. The van der Waals surface area contributed by atoms with Crippen molar-refractivity contribution in [2.45, 2.75) is 0 Å². The molecule has 2 nitrogen and oxygen atoms in total. The number of aromatic nitrogens is 1. The Morgan fingerprint density at radius 3 is 2.64 bits per heavy atom. The van der Waals surface area contributed by atoms with Crippen LogP contribution in [-0.2, 0) is 0 Å². The lowest BCUT2D eigenvalue weighted by molar-refractivity contribution is -0.458. The summed E-state index contributed by atoms with van der Waals surface area (Å²) in [6.45, 7) is 0. The van der Waals surface area contributed by atoms with E-state index in [2.05, 4.69) is 34.0 Å². The number of benzene rings is 1. The van der Waals surface area contributed by atoms with Crippen LogP contribution in [-0.4, -0.2) is 29.9 Å². The molecule has 0 aliphatic carbocycles. The van der Waals surface area contributed by atoms with Crippen molar-refractivity contribution in [3.8, 4) is 0 Å². The number of hydrogen-bond donors (Lipinski definition) is 1. The minimum atomic E-state index is 0. The Hall–Kier alpha value is -0.840. The smallest absolute Gasteiger partial charge is 0.172 e. The summed E-state index contributed by atoms with van der Waals surface area (Å²) in [4.78, 5) is 3.24. The van der Waals surface area contributed by atoms with Gasteiger partial charge in [0.1, 0.15) is 14.1 Å². The molecule has 2 rings (SSSR count). The zero-order chi connectivity index (χ0) is 9.26. The van der Waals surface area contributed by atoms with Crippen LogP contribution in [0.2, 0.25) is 0 Å². The number of H-pyrrole nitrogens is 1. The van der Waals surface area contributed by atoms with Crippen molar-refractivity contribution >= 4 is 17.1 Å². The van der Waals surface area contributed by atoms with E-state index in [1.807, 2.05) is 26.4 Å². The molecule has 0 fully saturated rings. The molecule has 0 saturated heterocycles. The first-order valence-electron chi connectivity index (χ1n) is 4.35. The summed E-state index contributed by atoms with van der Waals surface area (Å²) in [6.07, 6.45) is 4.14. The summed E-state index contributed by atoms with van der Waals surface area (Å²) in [5, 5.41) is 1.27. The predicted molar refractivity (Wildman–Crippen MR) is 55.6 cm³/mol. The maximum atomic E-state index is 3.24. The Kier molecular flexibility index (Phi) is 3.69. The topological polar surface area (TPSA) is 18.8 Å². The van der Waals surface area contributed by atoms with Gasteiger partial charge >= 0.3 is 0 Å². The lowest BCUT2D eigenvalue weighted by atomic mass is 10.2. The van der Waals surface area contributed by atoms with E-state index < -0.39 is 0 Å². The molecule has 0 radical (unpaired) electrons. The average Bonchev–Trinajstić information content (AvgIpc) is 2.48. The van der Waals surface area contributed by atoms with E-state index >= 15 is 0 Å². The van der Waals surface area contributed by atoms with Crippen molar-refractivity contribution < 1.29 is 28.6 Å². The highest BCUT2D eigenvalue weighted by molar-refractivity contribution is 5.97. The Labute approximate surface area is 101 Å². The van der Waals surface area contributed by atoms with Gasteiger partial charge in [-0.1, -0.05) is 18.2 Å². The summed E-state index contributed by atoms with van der Waals surface area (Å²) in [7, 11) is 4.06. The summed E-state index contributed by atoms with van der Waals surface area (Å²) >= 11 is 0. The Balaban J connectivity index is 0.000000980. The molecule has 0 amide bonds. The van der Waals surface area contributed by atoms with Gasteiger partial charge in [-0.3, -0.25) is 0 Å². The van der Waals surface area contributed by atoms with E-state index in [-0.39, 0.29) is 24.0 Å². The number of nitrogens with zero attached hydrogens (tertiary/aromatic N) is 1. The SMILES string of the molecule is C[N+](C)=Cc1c[nH]c2ccccc12.[I-]. The molecular weight excluding hydrogens is 287 g/mol. The highest BCUT2D eigenvalue weighted by Crippen LogP contribution is 2.15. The van der Waals surface area contributed by atoms with Crippen molar-refractivity contribution in [2.24, 2.45) is 0 Å². The van der Waals surface area contributed by atoms with Crippen molar-refractivity contribution in [1.82, 2.24) is 4.98 Å². The third-order valence-corrected chi connectivity index (χ3v) is 2.02. The highest BCUT2D eigenvalue weighted by atomic mass is 127. The first kappa shape index (κ1) is 11.2. The molecule has 2 aromatic rings. The summed E-state index contributed by atoms with van der Waals surface area (Å²) in [6, 6.07) is 8.31. The van der Waals surface area contributed by atoms with Gasteiger partial charge in [0, 0.05) is 17.1 Å². The molecule has 1 aromatic carbocycles. The molecule has 0 aliphatic rings. The van der Waals surface area contributed by atoms with Crippen LogP contribution in [0.4, 0.5) is 0 Å². The second-order valence-electron chi connectivity index (χ2n) is 3.38. The van der Waals surface area contributed by atoms with Crippen molar-refractivity contribution in [1.29, 1.82) is 0 Å². The second-order valence-corrected chi connectivity index (χ2v) is 3.38. The first-order chi connectivity index (χ1) is 6.27. The van der Waals surface area contributed by atoms with E-state index in [1.54, 1.807) is 0 Å². The number of halogens is 1. The average molecular weight is 300 g/mol. The molecule has 0 bridgehead atoms. The molecule has 1 heterocycles. The van der Waals surface area contributed by atoms with Crippen LogP contribution in [0.15, 0.2) is 30.5 Å². The van der Waals surface area contributed by atoms with Gasteiger partial charge in [-0.15, -0.1) is 0 Å². The van der Waals surface area contributed by atoms with Crippen LogP contribution < -0.4 is 24.0 Å². The van der Waals surface area contributed by atoms with Crippen molar-refractivity contribution in [3.63, 3.8) is 0 Å². The Morgan fingerprint density at radius 1 is 1.21 bits per heavy atom. The third kappa shape index (κ3) is 2.15. The minimum Gasteiger partial charge on any atom is -1.00 e. The molecule has 1 aromatic heterocycles. The van der Waals surface area contributed by atoms with Crippen LogP contribution in [0.25, 0.3) is 10.9 Å². The van der Waals surface area contributed by atoms with Gasteiger partial charge in [0.15, 0.2) is 6.21 Å². The molecule has 3 heteroatoms. The van der Waals surface area contributed by atoms with Crippen LogP contribution in [0, 0.1) is 0 Å². The standard InChI is InChI=1S/C11H12N2.HI/c1-13(2)8-9-7-12-11-6-4-3-5-10(9)11;/h3-8H,1-2H3;1H. The highest BCUT2D eigenvalue weighted by Gasteiger charge is 2.01. The van der Waals surface area contributed by atoms with Gasteiger partial charge in [0.2, 0.25) is 0 Å². The quantitative estimate of drug-likeness (QED) is 0.390. The lowest BCUT2D eigenvalue weighted by Gasteiger charge is -1.88. The monoisotopic (exact) mass is 300 g/mol. The largest absolute Gasteiger partial charge is 1.00 e. The summed E-state index contributed by atoms with van der Waals surface area (Å²) < 4.78 is 2.05. The first-order valence-corrected chi connectivity index (χ1v) is 4.35. The zero-order valence-corrected chi connectivity index (χ0v) is 10.4. The molecule has 14 heavy (non-hydrogen) atoms. The van der Waals surface area contributed by atoms with Gasteiger partial charge in [0.25, 0.3) is 0 Å². The van der Waals surface area contributed by atoms with E-state index in [9.17, 15) is 0 Å². The van der Waals surface area contributed by atoms with E-state index in [1.165, 1.54) is 16.5 Å². The normalized spacial score (nSPS) is 9.57. The number of rotatable bonds is 1. The van der Waals surface area contributed by atoms with Crippen LogP contribution in [0.1, 0.15) is 5.56 Å². The van der Waals surface area contributed by atoms with Gasteiger partial charge in [-0.25, -0.2) is 4.58 Å². The number of fused-ring (bicyclic) bond motifs is 1. The van der Waals surface area contributed by atoms with E-state index in [0.717, 1.165) is 0 Å². The van der Waals surface area contributed by atoms with Crippen LogP contribution in [0.3, 0.4) is 0 Å². The molecule has 0 unspecified atom stereocenters. The summed E-state index contributed by atoms with van der Waals surface area (Å²) in [5.41, 5.74) is 2.43. The van der Waals surface area contributed by atoms with E-state index in [0.29, 0.717) is 0 Å². The molecule has 0 atom stereocenters. The molecule has 1 N–H and O–H groups in total. The molecular formula is C11H13IN2. The van der Waals surface area contributed by atoms with Crippen molar-refractivity contribution in [2.75, 3.05) is 14.1 Å². The molecule has 0 spiro atoms. The fourth-order valence-electron chi connectivity index (χ4n) is 1.48.